The van der Waals surface area contributed by atoms with Crippen LogP contribution < -0.4 is 5.32 Å². The third kappa shape index (κ3) is 3.20. The fourth-order valence-electron chi connectivity index (χ4n) is 0.857. The van der Waals surface area contributed by atoms with E-state index in [0.29, 0.717) is 0 Å². The first-order valence-electron chi connectivity index (χ1n) is 3.85. The second-order valence-corrected chi connectivity index (χ2v) is 4.61. The fourth-order valence-corrected chi connectivity index (χ4v) is 2.24. The Balaban J connectivity index is 2.88. The molecule has 1 aromatic heterocycles. The number of carboxylic acids is 1. The van der Waals surface area contributed by atoms with Gasteiger partial charge in [-0.3, -0.25) is 0 Å². The van der Waals surface area contributed by atoms with E-state index in [1.165, 1.54) is 13.0 Å². The third-order valence-electron chi connectivity index (χ3n) is 1.37. The molecule has 5 heteroatoms. The molecule has 0 aliphatic carbocycles. The predicted molar refractivity (Wildman–Crippen MR) is 52.8 cm³/mol. The Hall–Kier alpha value is -1.32. The summed E-state index contributed by atoms with van der Waals surface area (Å²) in [6.07, 6.45) is 1.49. The fraction of sp³-hybridized carbons (Fsp3) is 0.111. The Morgan fingerprint density at radius 3 is 2.71 bits per heavy atom. The van der Waals surface area contributed by atoms with Crippen LogP contribution in [0.25, 0.3) is 6.08 Å². The molecule has 0 aromatic carbocycles. The van der Waals surface area contributed by atoms with Crippen LogP contribution in [0.4, 0.5) is 0 Å². The Kier molecular flexibility index (Phi) is 3.68. The Labute approximate surface area is 87.0 Å². The molecule has 1 rings (SSSR count). The average Bonchev–Trinajstić information content (AvgIpc) is 2.54. The van der Waals surface area contributed by atoms with Crippen LogP contribution >= 0.6 is 0 Å². The topological polar surface area (TPSA) is 66.4 Å². The van der Waals surface area contributed by atoms with E-state index in [1.807, 2.05) is 17.1 Å². The van der Waals surface area contributed by atoms with Crippen LogP contribution in [-0.2, 0) is 9.59 Å². The van der Waals surface area contributed by atoms with Gasteiger partial charge in [-0.05, 0) is 0 Å². The molecule has 1 amide bonds. The van der Waals surface area contributed by atoms with Gasteiger partial charge >= 0.3 is 86.6 Å². The molecule has 14 heavy (non-hydrogen) atoms. The molecule has 2 N–H and O–H groups in total. The summed E-state index contributed by atoms with van der Waals surface area (Å²) >= 11 is 0.180. The summed E-state index contributed by atoms with van der Waals surface area (Å²) in [4.78, 5) is 23.4. The summed E-state index contributed by atoms with van der Waals surface area (Å²) in [5.41, 5.74) is -0.0747. The zero-order valence-electron chi connectivity index (χ0n) is 7.48. The van der Waals surface area contributed by atoms with Gasteiger partial charge in [-0.2, -0.15) is 0 Å². The van der Waals surface area contributed by atoms with E-state index in [2.05, 4.69) is 5.32 Å². The number of aliphatic carboxylic acids is 1. The average molecular weight is 258 g/mol. The van der Waals surface area contributed by atoms with Gasteiger partial charge in [0.15, 0.2) is 0 Å². The molecule has 0 unspecified atom stereocenters. The quantitative estimate of drug-likeness (QED) is 0.605. The Morgan fingerprint density at radius 1 is 1.57 bits per heavy atom. The van der Waals surface area contributed by atoms with Crippen LogP contribution in [0.3, 0.4) is 0 Å². The van der Waals surface area contributed by atoms with Gasteiger partial charge in [-0.1, -0.05) is 0 Å². The van der Waals surface area contributed by atoms with Gasteiger partial charge in [-0.25, -0.2) is 0 Å². The summed E-state index contributed by atoms with van der Waals surface area (Å²) in [6, 6.07) is 3.71. The molecule has 0 spiro atoms. The summed E-state index contributed by atoms with van der Waals surface area (Å²) in [7, 11) is 0. The molecule has 0 bridgehead atoms. The second kappa shape index (κ2) is 4.79. The summed E-state index contributed by atoms with van der Waals surface area (Å²) < 4.78 is 0.934. The number of rotatable bonds is 3. The van der Waals surface area contributed by atoms with E-state index in [-0.39, 0.29) is 26.1 Å². The Morgan fingerprint density at radius 2 is 2.29 bits per heavy atom. The number of hydrogen-bond acceptors (Lipinski definition) is 2. The molecule has 1 heterocycles. The van der Waals surface area contributed by atoms with Crippen LogP contribution in [0.1, 0.15) is 11.4 Å². The van der Waals surface area contributed by atoms with Crippen molar-refractivity contribution in [1.82, 2.24) is 5.32 Å². The van der Waals surface area contributed by atoms with Gasteiger partial charge < -0.3 is 0 Å². The third-order valence-corrected chi connectivity index (χ3v) is 3.09. The van der Waals surface area contributed by atoms with Crippen LogP contribution in [0.2, 0.25) is 0 Å². The number of hydrogen-bond donors (Lipinski definition) is 2. The van der Waals surface area contributed by atoms with E-state index in [9.17, 15) is 9.59 Å². The SMILES string of the molecule is CC(=O)N/C(=C/c1ccc[se]1)C(=O)O. The van der Waals surface area contributed by atoms with E-state index < -0.39 is 5.97 Å². The number of carbonyl (C=O) groups excluding carboxylic acids is 1. The second-order valence-electron chi connectivity index (χ2n) is 2.56. The van der Waals surface area contributed by atoms with Crippen molar-refractivity contribution in [2.45, 2.75) is 6.92 Å². The molecule has 0 aliphatic heterocycles. The maximum atomic E-state index is 10.7. The maximum absolute atomic E-state index is 10.7. The normalized spacial score (nSPS) is 11.1. The zero-order chi connectivity index (χ0) is 10.6. The molecule has 0 radical (unpaired) electrons. The summed E-state index contributed by atoms with van der Waals surface area (Å²) in [5.74, 6) is -1.50. The van der Waals surface area contributed by atoms with Crippen LogP contribution in [0.15, 0.2) is 22.8 Å². The first kappa shape index (κ1) is 10.8. The molecule has 0 aliphatic rings. The first-order valence-corrected chi connectivity index (χ1v) is 5.70. The van der Waals surface area contributed by atoms with Crippen LogP contribution in [-0.4, -0.2) is 31.5 Å². The van der Waals surface area contributed by atoms with E-state index in [4.69, 9.17) is 5.11 Å². The van der Waals surface area contributed by atoms with Gasteiger partial charge in [0.05, 0.1) is 0 Å². The molecule has 0 saturated carbocycles. The van der Waals surface area contributed by atoms with Gasteiger partial charge in [0.1, 0.15) is 0 Å². The molecule has 0 atom stereocenters. The van der Waals surface area contributed by atoms with E-state index in [1.54, 1.807) is 0 Å². The van der Waals surface area contributed by atoms with Gasteiger partial charge in [0, 0.05) is 0 Å². The standard InChI is InChI=1S/C9H9NO3Se/c1-6(11)10-8(9(12)13)5-7-3-2-4-14-7/h2-5H,1H3,(H,10,11)(H,12,13)/b8-5+. The minimum absolute atomic E-state index is 0.0747. The van der Waals surface area contributed by atoms with Crippen molar-refractivity contribution in [2.24, 2.45) is 0 Å². The number of nitrogens with one attached hydrogen (secondary N) is 1. The van der Waals surface area contributed by atoms with Crippen molar-refractivity contribution < 1.29 is 14.7 Å². The molecular weight excluding hydrogens is 249 g/mol. The summed E-state index contributed by atoms with van der Waals surface area (Å²) in [6.45, 7) is 1.28. The van der Waals surface area contributed by atoms with Crippen molar-refractivity contribution in [3.8, 4) is 0 Å². The number of carboxylic acid groups (broad SMARTS) is 1. The van der Waals surface area contributed by atoms with E-state index in [0.717, 1.165) is 4.44 Å². The van der Waals surface area contributed by atoms with Gasteiger partial charge in [0.2, 0.25) is 0 Å². The van der Waals surface area contributed by atoms with Gasteiger partial charge in [0.25, 0.3) is 0 Å². The van der Waals surface area contributed by atoms with E-state index >= 15 is 0 Å². The van der Waals surface area contributed by atoms with Crippen molar-refractivity contribution in [1.29, 1.82) is 0 Å². The van der Waals surface area contributed by atoms with Crippen LogP contribution in [0.5, 0.6) is 0 Å². The number of amides is 1. The minimum atomic E-state index is -1.12. The zero-order valence-corrected chi connectivity index (χ0v) is 9.19. The van der Waals surface area contributed by atoms with Crippen LogP contribution in [0, 0.1) is 0 Å². The Bertz CT molecular complexity index is 367. The first-order chi connectivity index (χ1) is 6.59. The molecule has 1 aromatic rings. The molecule has 0 saturated heterocycles. The summed E-state index contributed by atoms with van der Waals surface area (Å²) in [5, 5.41) is 11.0. The molecule has 4 nitrogen and oxygen atoms in total. The molecular formula is C9H9NO3Se. The van der Waals surface area contributed by atoms with Crippen molar-refractivity contribution >= 4 is 32.5 Å². The van der Waals surface area contributed by atoms with Crippen molar-refractivity contribution in [3.63, 3.8) is 0 Å². The number of carbonyl (C=O) groups is 2. The van der Waals surface area contributed by atoms with Crippen molar-refractivity contribution in [3.05, 3.63) is 27.2 Å². The van der Waals surface area contributed by atoms with Crippen molar-refractivity contribution in [2.75, 3.05) is 0 Å². The predicted octanol–water partition coefficient (Wildman–Crippen LogP) is 0.305. The molecule has 74 valence electrons. The van der Waals surface area contributed by atoms with Gasteiger partial charge in [-0.15, -0.1) is 0 Å². The monoisotopic (exact) mass is 259 g/mol. The molecule has 0 fully saturated rings.